The average molecular weight is 208 g/mol. The highest BCUT2D eigenvalue weighted by Gasteiger charge is 2.28. The average Bonchev–Trinajstić information content (AvgIpc) is 2.18. The molecule has 0 fully saturated rings. The van der Waals surface area contributed by atoms with Crippen molar-refractivity contribution in [2.75, 3.05) is 0 Å². The number of hydrogen-bond acceptors (Lipinski definition) is 2. The Morgan fingerprint density at radius 1 is 1.53 bits per heavy atom. The van der Waals surface area contributed by atoms with Crippen LogP contribution in [0.3, 0.4) is 0 Å². The molecule has 0 heterocycles. The lowest BCUT2D eigenvalue weighted by Crippen LogP contribution is -2.51. The van der Waals surface area contributed by atoms with Gasteiger partial charge in [0, 0.05) is 5.70 Å². The lowest BCUT2D eigenvalue weighted by atomic mass is 9.89. The van der Waals surface area contributed by atoms with Crippen LogP contribution in [-0.4, -0.2) is 10.5 Å². The summed E-state index contributed by atoms with van der Waals surface area (Å²) in [7, 11) is 0. The van der Waals surface area contributed by atoms with Crippen LogP contribution in [0.25, 0.3) is 0 Å². The van der Waals surface area contributed by atoms with E-state index >= 15 is 0 Å². The summed E-state index contributed by atoms with van der Waals surface area (Å²) in [6.45, 7) is 14.3. The second kappa shape index (κ2) is 5.79. The molecule has 0 aliphatic carbocycles. The lowest BCUT2D eigenvalue weighted by molar-refractivity contribution is 0.111. The first-order chi connectivity index (χ1) is 6.87. The Hall–Kier alpha value is -0.980. The van der Waals surface area contributed by atoms with Gasteiger partial charge in [-0.1, -0.05) is 27.4 Å². The zero-order valence-corrected chi connectivity index (χ0v) is 10.7. The van der Waals surface area contributed by atoms with Gasteiger partial charge in [-0.3, -0.25) is 0 Å². The van der Waals surface area contributed by atoms with Crippen LogP contribution >= 0.6 is 0 Å². The molecule has 15 heavy (non-hydrogen) atoms. The fraction of sp³-hybridized carbons (Fsp3) is 0.615. The maximum absolute atomic E-state index is 6.14. The normalized spacial score (nSPS) is 12.6. The zero-order chi connectivity index (χ0) is 12.1. The van der Waals surface area contributed by atoms with E-state index in [2.05, 4.69) is 46.9 Å². The van der Waals surface area contributed by atoms with Gasteiger partial charge in [-0.05, 0) is 38.3 Å². The number of hydrogen-bond donors (Lipinski definition) is 1. The van der Waals surface area contributed by atoms with Crippen molar-refractivity contribution >= 4 is 0 Å². The van der Waals surface area contributed by atoms with Gasteiger partial charge >= 0.3 is 0 Å². The van der Waals surface area contributed by atoms with Crippen LogP contribution in [0.5, 0.6) is 0 Å². The van der Waals surface area contributed by atoms with Gasteiger partial charge in [-0.2, -0.15) is 0 Å². The van der Waals surface area contributed by atoms with Crippen LogP contribution in [0.2, 0.25) is 0 Å². The van der Waals surface area contributed by atoms with Crippen LogP contribution in [-0.2, 0) is 0 Å². The van der Waals surface area contributed by atoms with Gasteiger partial charge in [0.2, 0.25) is 0 Å². The van der Waals surface area contributed by atoms with E-state index in [1.807, 2.05) is 11.1 Å². The molecule has 0 aromatic carbocycles. The van der Waals surface area contributed by atoms with Gasteiger partial charge in [0.25, 0.3) is 0 Å². The van der Waals surface area contributed by atoms with Crippen molar-refractivity contribution in [1.82, 2.24) is 5.01 Å². The minimum absolute atomic E-state index is 0.0448. The summed E-state index contributed by atoms with van der Waals surface area (Å²) < 4.78 is 0. The second-order valence-corrected chi connectivity index (χ2v) is 4.56. The van der Waals surface area contributed by atoms with Crippen molar-refractivity contribution in [3.05, 3.63) is 30.2 Å². The van der Waals surface area contributed by atoms with E-state index in [0.717, 1.165) is 12.1 Å². The first kappa shape index (κ1) is 14.0. The molecule has 86 valence electrons. The summed E-state index contributed by atoms with van der Waals surface area (Å²) in [4.78, 5) is 0. The summed E-state index contributed by atoms with van der Waals surface area (Å²) in [5, 5.41) is 1.85. The highest BCUT2D eigenvalue weighted by Crippen LogP contribution is 2.25. The number of nitrogens with two attached hydrogens (primary N) is 1. The quantitative estimate of drug-likeness (QED) is 0.325. The van der Waals surface area contributed by atoms with Crippen LogP contribution < -0.4 is 5.84 Å². The maximum atomic E-state index is 6.14. The standard InChI is InChI=1S/C13H24N2/c1-7-9-10-12(8-2)15(14)13(5,6)11(3)4/h9-11H,1,8,14H2,2-6H3/b12-10+. The molecule has 0 atom stereocenters. The Balaban J connectivity index is 4.95. The van der Waals surface area contributed by atoms with Gasteiger partial charge < -0.3 is 5.01 Å². The molecule has 2 N–H and O–H groups in total. The van der Waals surface area contributed by atoms with Crippen molar-refractivity contribution in [2.24, 2.45) is 11.8 Å². The number of rotatable bonds is 5. The predicted molar refractivity (Wildman–Crippen MR) is 67.0 cm³/mol. The largest absolute Gasteiger partial charge is 0.309 e. The molecule has 0 radical (unpaired) electrons. The fourth-order valence-corrected chi connectivity index (χ4v) is 1.17. The van der Waals surface area contributed by atoms with Gasteiger partial charge in [0.05, 0.1) is 5.54 Å². The molecule has 0 aliphatic heterocycles. The molecule has 0 saturated carbocycles. The Bertz CT molecular complexity index is 268. The molecule has 0 rings (SSSR count). The zero-order valence-electron chi connectivity index (χ0n) is 10.7. The molecule has 0 aromatic rings. The van der Waals surface area contributed by atoms with Crippen molar-refractivity contribution in [1.29, 1.82) is 0 Å². The number of nitrogens with zero attached hydrogens (tertiary/aromatic N) is 1. The molecule has 0 unspecified atom stereocenters. The SMILES string of the molecule is C=C=C/C=C(\CC)N(N)C(C)(C)C(C)C. The van der Waals surface area contributed by atoms with E-state index in [9.17, 15) is 0 Å². The van der Waals surface area contributed by atoms with E-state index in [0.29, 0.717) is 5.92 Å². The first-order valence-electron chi connectivity index (χ1n) is 5.47. The number of hydrazine groups is 1. The molecule has 0 bridgehead atoms. The smallest absolute Gasteiger partial charge is 0.0524 e. The third-order valence-electron chi connectivity index (χ3n) is 3.10. The third kappa shape index (κ3) is 3.58. The van der Waals surface area contributed by atoms with Crippen molar-refractivity contribution in [3.63, 3.8) is 0 Å². The molecule has 0 spiro atoms. The Labute approximate surface area is 94.1 Å². The first-order valence-corrected chi connectivity index (χ1v) is 5.47. The van der Waals surface area contributed by atoms with Crippen molar-refractivity contribution < 1.29 is 0 Å². The maximum Gasteiger partial charge on any atom is 0.0524 e. The molecule has 0 aromatic heterocycles. The molecule has 2 nitrogen and oxygen atoms in total. The summed E-state index contributed by atoms with van der Waals surface area (Å²) in [5.41, 5.74) is 3.79. The summed E-state index contributed by atoms with van der Waals surface area (Å²) in [5.74, 6) is 6.64. The van der Waals surface area contributed by atoms with Crippen molar-refractivity contribution in [2.45, 2.75) is 46.6 Å². The Morgan fingerprint density at radius 2 is 2.07 bits per heavy atom. The topological polar surface area (TPSA) is 29.3 Å². The highest BCUT2D eigenvalue weighted by atomic mass is 15.4. The van der Waals surface area contributed by atoms with Gasteiger partial charge in [0.1, 0.15) is 0 Å². The van der Waals surface area contributed by atoms with E-state index in [1.165, 1.54) is 0 Å². The third-order valence-corrected chi connectivity index (χ3v) is 3.10. The molecular weight excluding hydrogens is 184 g/mol. The molecule has 0 aliphatic rings. The minimum Gasteiger partial charge on any atom is -0.309 e. The Kier molecular flexibility index (Phi) is 5.41. The van der Waals surface area contributed by atoms with Gasteiger partial charge in [0.15, 0.2) is 0 Å². The molecular formula is C13H24N2. The molecule has 2 heteroatoms. The number of allylic oxidation sites excluding steroid dienone is 3. The lowest BCUT2D eigenvalue weighted by Gasteiger charge is -2.41. The van der Waals surface area contributed by atoms with Crippen LogP contribution in [0.1, 0.15) is 41.0 Å². The van der Waals surface area contributed by atoms with Crippen molar-refractivity contribution in [3.8, 4) is 0 Å². The summed E-state index contributed by atoms with van der Waals surface area (Å²) in [6.07, 6.45) is 4.68. The van der Waals surface area contributed by atoms with Crippen LogP contribution in [0.4, 0.5) is 0 Å². The summed E-state index contributed by atoms with van der Waals surface area (Å²) in [6, 6.07) is 0. The predicted octanol–water partition coefficient (Wildman–Crippen LogP) is 3.23. The van der Waals surface area contributed by atoms with Gasteiger partial charge in [-0.25, -0.2) is 5.84 Å². The summed E-state index contributed by atoms with van der Waals surface area (Å²) >= 11 is 0. The Morgan fingerprint density at radius 3 is 2.40 bits per heavy atom. The van der Waals surface area contributed by atoms with E-state index in [-0.39, 0.29) is 5.54 Å². The van der Waals surface area contributed by atoms with Crippen LogP contribution in [0.15, 0.2) is 30.2 Å². The van der Waals surface area contributed by atoms with E-state index in [4.69, 9.17) is 5.84 Å². The van der Waals surface area contributed by atoms with Crippen LogP contribution in [0, 0.1) is 5.92 Å². The van der Waals surface area contributed by atoms with E-state index < -0.39 is 0 Å². The molecule has 0 saturated heterocycles. The van der Waals surface area contributed by atoms with E-state index in [1.54, 1.807) is 6.08 Å². The minimum atomic E-state index is -0.0448. The fourth-order valence-electron chi connectivity index (χ4n) is 1.17. The van der Waals surface area contributed by atoms with Gasteiger partial charge in [-0.15, -0.1) is 5.73 Å². The highest BCUT2D eigenvalue weighted by molar-refractivity contribution is 5.12. The monoisotopic (exact) mass is 208 g/mol. The second-order valence-electron chi connectivity index (χ2n) is 4.56. The molecule has 0 amide bonds.